The monoisotopic (exact) mass is 306 g/mol. The van der Waals surface area contributed by atoms with Gasteiger partial charge in [-0.25, -0.2) is 0 Å². The average molecular weight is 306 g/mol. The van der Waals surface area contributed by atoms with Crippen molar-refractivity contribution in [3.63, 3.8) is 0 Å². The minimum atomic E-state index is 0.328. The van der Waals surface area contributed by atoms with E-state index in [9.17, 15) is 0 Å². The molecule has 0 aromatic carbocycles. The third kappa shape index (κ3) is 3.95. The fourth-order valence-corrected chi connectivity index (χ4v) is 0.688. The summed E-state index contributed by atoms with van der Waals surface area (Å²) in [4.78, 5) is 0. The molecular formula is C9H14W. The molecular weight excluding hydrogens is 292 g/mol. The first kappa shape index (κ1) is 10.0. The second-order valence-electron chi connectivity index (χ2n) is 3.21. The molecule has 0 unspecified atom stereocenters. The molecule has 0 amide bonds. The van der Waals surface area contributed by atoms with Gasteiger partial charge in [-0.3, -0.25) is 0 Å². The van der Waals surface area contributed by atoms with E-state index in [1.54, 1.807) is 19.4 Å². The van der Waals surface area contributed by atoms with Gasteiger partial charge in [-0.05, 0) is 0 Å². The van der Waals surface area contributed by atoms with Crippen LogP contribution in [-0.4, -0.2) is 3.90 Å². The third-order valence-corrected chi connectivity index (χ3v) is 3.81. The molecule has 56 valence electrons. The molecule has 0 aromatic rings. The van der Waals surface area contributed by atoms with E-state index < -0.39 is 0 Å². The van der Waals surface area contributed by atoms with Gasteiger partial charge in [0.15, 0.2) is 0 Å². The number of allylic oxidation sites excluding steroid dienone is 3. The van der Waals surface area contributed by atoms with E-state index in [2.05, 4.69) is 33.4 Å². The van der Waals surface area contributed by atoms with E-state index in [-0.39, 0.29) is 0 Å². The van der Waals surface area contributed by atoms with Crippen molar-refractivity contribution >= 4 is 3.90 Å². The minimum absolute atomic E-state index is 0.328. The molecule has 0 N–H and O–H groups in total. The van der Waals surface area contributed by atoms with Gasteiger partial charge in [-0.2, -0.15) is 0 Å². The zero-order chi connectivity index (χ0) is 8.20. The molecule has 0 bridgehead atoms. The van der Waals surface area contributed by atoms with Crippen LogP contribution in [0.25, 0.3) is 0 Å². The molecule has 0 atom stereocenters. The second-order valence-corrected chi connectivity index (χ2v) is 4.79. The zero-order valence-corrected chi connectivity index (χ0v) is 9.78. The molecule has 0 aliphatic carbocycles. The van der Waals surface area contributed by atoms with Crippen molar-refractivity contribution in [1.29, 1.82) is 0 Å². The second kappa shape index (κ2) is 4.03. The van der Waals surface area contributed by atoms with Crippen molar-refractivity contribution in [3.05, 3.63) is 24.8 Å². The van der Waals surface area contributed by atoms with Gasteiger partial charge in [0.2, 0.25) is 0 Å². The quantitative estimate of drug-likeness (QED) is 0.688. The van der Waals surface area contributed by atoms with Crippen molar-refractivity contribution in [3.8, 4) is 0 Å². The summed E-state index contributed by atoms with van der Waals surface area (Å²) >= 11 is 1.54. The van der Waals surface area contributed by atoms with Crippen molar-refractivity contribution < 1.29 is 19.4 Å². The summed E-state index contributed by atoms with van der Waals surface area (Å²) in [5, 5.41) is 0. The predicted molar refractivity (Wildman–Crippen MR) is 43.8 cm³/mol. The molecule has 0 spiro atoms. The molecule has 0 saturated carbocycles. The van der Waals surface area contributed by atoms with Crippen LogP contribution >= 0.6 is 0 Å². The first-order valence-electron chi connectivity index (χ1n) is 3.32. The van der Waals surface area contributed by atoms with Crippen molar-refractivity contribution in [2.45, 2.75) is 20.8 Å². The first-order chi connectivity index (χ1) is 4.48. The maximum atomic E-state index is 3.62. The Bertz CT molecular complexity index is 158. The molecule has 0 aliphatic heterocycles. The SMILES string of the molecule is C=CC=C[C](=[W])C(C)(C)C. The Morgan fingerprint density at radius 2 is 1.90 bits per heavy atom. The van der Waals surface area contributed by atoms with E-state index in [0.29, 0.717) is 5.41 Å². The molecule has 0 aromatic heterocycles. The van der Waals surface area contributed by atoms with Crippen LogP contribution in [0.1, 0.15) is 20.8 Å². The van der Waals surface area contributed by atoms with E-state index >= 15 is 0 Å². The molecule has 0 rings (SSSR count). The topological polar surface area (TPSA) is 0 Å². The maximum absolute atomic E-state index is 3.62. The molecule has 0 aliphatic rings. The number of rotatable bonds is 2. The normalized spacial score (nSPS) is 11.9. The number of hydrogen-bond acceptors (Lipinski definition) is 0. The van der Waals surface area contributed by atoms with Gasteiger partial charge in [-0.15, -0.1) is 0 Å². The average Bonchev–Trinajstić information content (AvgIpc) is 1.80. The van der Waals surface area contributed by atoms with E-state index in [4.69, 9.17) is 0 Å². The summed E-state index contributed by atoms with van der Waals surface area (Å²) in [6.45, 7) is 10.3. The Morgan fingerprint density at radius 1 is 1.40 bits per heavy atom. The summed E-state index contributed by atoms with van der Waals surface area (Å²) in [5.41, 5.74) is 0.328. The van der Waals surface area contributed by atoms with E-state index in [1.807, 2.05) is 12.2 Å². The molecule has 0 heterocycles. The van der Waals surface area contributed by atoms with E-state index in [0.717, 1.165) is 0 Å². The van der Waals surface area contributed by atoms with Gasteiger partial charge in [0.1, 0.15) is 0 Å². The van der Waals surface area contributed by atoms with Crippen LogP contribution in [0.3, 0.4) is 0 Å². The standard InChI is InChI=1S/C9H14.W/c1-5-6-7-8-9(2,3)4;/h5-7H,1H2,2-4H3;. The summed E-state index contributed by atoms with van der Waals surface area (Å²) in [5.74, 6) is 0. The Balaban J connectivity index is 4.11. The summed E-state index contributed by atoms with van der Waals surface area (Å²) < 4.78 is 1.47. The Labute approximate surface area is 74.4 Å². The fourth-order valence-electron chi connectivity index (χ4n) is 0.405. The fraction of sp³-hybridized carbons (Fsp3) is 0.444. The molecule has 0 saturated heterocycles. The summed E-state index contributed by atoms with van der Waals surface area (Å²) in [6.07, 6.45) is 5.95. The first-order valence-corrected chi connectivity index (χ1v) is 4.78. The van der Waals surface area contributed by atoms with Gasteiger partial charge in [-0.1, -0.05) is 0 Å². The van der Waals surface area contributed by atoms with Gasteiger partial charge in [0, 0.05) is 0 Å². The summed E-state index contributed by atoms with van der Waals surface area (Å²) in [7, 11) is 0. The molecule has 10 heavy (non-hydrogen) atoms. The van der Waals surface area contributed by atoms with Crippen molar-refractivity contribution in [1.82, 2.24) is 0 Å². The van der Waals surface area contributed by atoms with Crippen LogP contribution in [0.5, 0.6) is 0 Å². The molecule has 0 radical (unpaired) electrons. The predicted octanol–water partition coefficient (Wildman–Crippen LogP) is 2.49. The van der Waals surface area contributed by atoms with Gasteiger partial charge in [0.05, 0.1) is 0 Å². The Hall–Kier alpha value is 0.0383. The van der Waals surface area contributed by atoms with Crippen LogP contribution in [0, 0.1) is 5.41 Å². The van der Waals surface area contributed by atoms with Crippen LogP contribution in [0.4, 0.5) is 0 Å². The van der Waals surface area contributed by atoms with Crippen LogP contribution in [0.15, 0.2) is 24.8 Å². The van der Waals surface area contributed by atoms with E-state index in [1.165, 1.54) is 3.90 Å². The molecule has 1 heteroatoms. The number of hydrogen-bond donors (Lipinski definition) is 0. The van der Waals surface area contributed by atoms with Crippen LogP contribution in [0.2, 0.25) is 0 Å². The molecule has 0 fully saturated rings. The Kier molecular flexibility index (Phi) is 4.05. The van der Waals surface area contributed by atoms with Gasteiger partial charge in [0.25, 0.3) is 0 Å². The third-order valence-electron chi connectivity index (χ3n) is 1.12. The molecule has 0 nitrogen and oxygen atoms in total. The van der Waals surface area contributed by atoms with Crippen LogP contribution < -0.4 is 0 Å². The zero-order valence-electron chi connectivity index (χ0n) is 6.85. The van der Waals surface area contributed by atoms with Crippen LogP contribution in [-0.2, 0) is 19.4 Å². The van der Waals surface area contributed by atoms with Gasteiger partial charge < -0.3 is 0 Å². The Morgan fingerprint density at radius 3 is 2.20 bits per heavy atom. The van der Waals surface area contributed by atoms with Gasteiger partial charge >= 0.3 is 74.2 Å². The van der Waals surface area contributed by atoms with Crippen molar-refractivity contribution in [2.24, 2.45) is 5.41 Å². The summed E-state index contributed by atoms with van der Waals surface area (Å²) in [6, 6.07) is 0. The van der Waals surface area contributed by atoms with Crippen molar-refractivity contribution in [2.75, 3.05) is 0 Å².